The minimum absolute atomic E-state index is 0.0211. The van der Waals surface area contributed by atoms with Crippen molar-refractivity contribution in [3.05, 3.63) is 82.9 Å². The van der Waals surface area contributed by atoms with E-state index in [1.54, 1.807) is 37.3 Å². The van der Waals surface area contributed by atoms with E-state index in [1.807, 2.05) is 0 Å². The van der Waals surface area contributed by atoms with Crippen molar-refractivity contribution in [2.75, 3.05) is 13.7 Å². The summed E-state index contributed by atoms with van der Waals surface area (Å²) in [6.45, 7) is 2.04. The molecule has 8 nitrogen and oxygen atoms in total. The van der Waals surface area contributed by atoms with E-state index in [-0.39, 0.29) is 23.0 Å². The average molecular weight is 489 g/mol. The van der Waals surface area contributed by atoms with Gasteiger partial charge in [-0.3, -0.25) is 4.79 Å². The SMILES string of the molecule is CCOc1cc(/C=N\NC(=O)c2cccc(Cl)c2)ccc1OS(=O)(=O)c1ccc(OC)cc1. The number of nitrogens with zero attached hydrogens (tertiary/aromatic N) is 1. The summed E-state index contributed by atoms with van der Waals surface area (Å²) in [5, 5.41) is 4.36. The van der Waals surface area contributed by atoms with Crippen molar-refractivity contribution >= 4 is 33.8 Å². The first-order valence-electron chi connectivity index (χ1n) is 9.76. The molecular weight excluding hydrogens is 468 g/mol. The number of carbonyl (C=O) groups excluding carboxylic acids is 1. The molecule has 0 saturated heterocycles. The standard InChI is InChI=1S/C23H21ClN2O6S/c1-3-31-22-13-16(15-25-26-23(27)17-5-4-6-18(24)14-17)7-12-21(22)32-33(28,29)20-10-8-19(30-2)9-11-20/h4-15H,3H2,1-2H3,(H,26,27)/b25-15-. The summed E-state index contributed by atoms with van der Waals surface area (Å²) in [7, 11) is -2.60. The maximum atomic E-state index is 12.6. The average Bonchev–Trinajstić information content (AvgIpc) is 2.80. The summed E-state index contributed by atoms with van der Waals surface area (Å²) >= 11 is 5.89. The molecule has 0 aliphatic carbocycles. The summed E-state index contributed by atoms with van der Waals surface area (Å²) in [4.78, 5) is 12.1. The van der Waals surface area contributed by atoms with E-state index in [9.17, 15) is 13.2 Å². The highest BCUT2D eigenvalue weighted by Gasteiger charge is 2.19. The van der Waals surface area contributed by atoms with Crippen molar-refractivity contribution < 1.29 is 26.9 Å². The van der Waals surface area contributed by atoms with Crippen molar-refractivity contribution in [1.82, 2.24) is 5.43 Å². The molecule has 3 rings (SSSR count). The number of carbonyl (C=O) groups is 1. The van der Waals surface area contributed by atoms with E-state index in [1.165, 1.54) is 49.7 Å². The van der Waals surface area contributed by atoms with E-state index >= 15 is 0 Å². The van der Waals surface area contributed by atoms with Crippen molar-refractivity contribution in [3.8, 4) is 17.2 Å². The van der Waals surface area contributed by atoms with Crippen LogP contribution in [0.25, 0.3) is 0 Å². The highest BCUT2D eigenvalue weighted by Crippen LogP contribution is 2.31. The highest BCUT2D eigenvalue weighted by atomic mass is 35.5. The van der Waals surface area contributed by atoms with Gasteiger partial charge in [0.1, 0.15) is 10.6 Å². The molecule has 0 aliphatic rings. The van der Waals surface area contributed by atoms with Crippen LogP contribution in [0.1, 0.15) is 22.8 Å². The molecule has 172 valence electrons. The monoisotopic (exact) mass is 488 g/mol. The van der Waals surface area contributed by atoms with Gasteiger partial charge in [0.2, 0.25) is 0 Å². The van der Waals surface area contributed by atoms with Crippen LogP contribution >= 0.6 is 11.6 Å². The number of hydrogen-bond donors (Lipinski definition) is 1. The number of halogens is 1. The predicted octanol–water partition coefficient (Wildman–Crippen LogP) is 4.28. The number of rotatable bonds is 9. The Morgan fingerprint density at radius 2 is 1.82 bits per heavy atom. The molecule has 0 bridgehead atoms. The number of hydrazone groups is 1. The molecule has 0 aliphatic heterocycles. The van der Waals surface area contributed by atoms with E-state index < -0.39 is 16.0 Å². The normalized spacial score (nSPS) is 11.2. The van der Waals surface area contributed by atoms with E-state index in [2.05, 4.69) is 10.5 Å². The summed E-state index contributed by atoms with van der Waals surface area (Å²) in [6, 6.07) is 16.9. The van der Waals surface area contributed by atoms with Gasteiger partial charge >= 0.3 is 10.1 Å². The Bertz CT molecular complexity index is 1260. The van der Waals surface area contributed by atoms with Crippen molar-refractivity contribution in [3.63, 3.8) is 0 Å². The van der Waals surface area contributed by atoms with Crippen molar-refractivity contribution in [2.45, 2.75) is 11.8 Å². The Kier molecular flexibility index (Phi) is 7.92. The molecule has 1 amide bonds. The van der Waals surface area contributed by atoms with Gasteiger partial charge in [0.25, 0.3) is 5.91 Å². The molecule has 1 N–H and O–H groups in total. The third-order valence-corrected chi connectivity index (χ3v) is 5.77. The van der Waals surface area contributed by atoms with Crippen LogP contribution in [0.2, 0.25) is 5.02 Å². The molecule has 0 heterocycles. The first-order chi connectivity index (χ1) is 15.8. The fourth-order valence-corrected chi connectivity index (χ4v) is 3.84. The van der Waals surface area contributed by atoms with Crippen molar-refractivity contribution in [1.29, 1.82) is 0 Å². The second kappa shape index (κ2) is 10.8. The molecule has 0 aromatic heterocycles. The first-order valence-corrected chi connectivity index (χ1v) is 11.6. The zero-order valence-corrected chi connectivity index (χ0v) is 19.4. The predicted molar refractivity (Wildman–Crippen MR) is 125 cm³/mol. The Morgan fingerprint density at radius 1 is 1.06 bits per heavy atom. The molecule has 0 saturated carbocycles. The van der Waals surface area contributed by atoms with Crippen LogP contribution in [-0.4, -0.2) is 34.3 Å². The maximum absolute atomic E-state index is 12.6. The molecule has 10 heteroatoms. The van der Waals surface area contributed by atoms with Crippen molar-refractivity contribution in [2.24, 2.45) is 5.10 Å². The van der Waals surface area contributed by atoms with Gasteiger partial charge in [-0.15, -0.1) is 0 Å². The molecule has 0 fully saturated rings. The van der Waals surface area contributed by atoms with Crippen LogP contribution in [0.3, 0.4) is 0 Å². The van der Waals surface area contributed by atoms with Gasteiger partial charge < -0.3 is 13.7 Å². The van der Waals surface area contributed by atoms with Crippen LogP contribution in [0.5, 0.6) is 17.2 Å². The van der Waals surface area contributed by atoms with Crippen LogP contribution in [0.15, 0.2) is 76.7 Å². The maximum Gasteiger partial charge on any atom is 0.339 e. The quantitative estimate of drug-likeness (QED) is 0.274. The fraction of sp³-hybridized carbons (Fsp3) is 0.130. The lowest BCUT2D eigenvalue weighted by atomic mass is 10.2. The van der Waals surface area contributed by atoms with Gasteiger partial charge in [0, 0.05) is 10.6 Å². The number of methoxy groups -OCH3 is 1. The van der Waals surface area contributed by atoms with Crippen LogP contribution in [0.4, 0.5) is 0 Å². The smallest absolute Gasteiger partial charge is 0.339 e. The molecular formula is C23H21ClN2O6S. The van der Waals surface area contributed by atoms with Crippen LogP contribution in [-0.2, 0) is 10.1 Å². The van der Waals surface area contributed by atoms with Gasteiger partial charge in [-0.25, -0.2) is 5.43 Å². The molecule has 0 unspecified atom stereocenters. The Morgan fingerprint density at radius 3 is 2.48 bits per heavy atom. The number of ether oxygens (including phenoxy) is 2. The third kappa shape index (κ3) is 6.47. The number of amides is 1. The molecule has 33 heavy (non-hydrogen) atoms. The Balaban J connectivity index is 1.75. The second-order valence-electron chi connectivity index (χ2n) is 6.56. The van der Waals surface area contributed by atoms with Gasteiger partial charge in [0.15, 0.2) is 11.5 Å². The van der Waals surface area contributed by atoms with Gasteiger partial charge in [-0.05, 0) is 73.2 Å². The Hall–Kier alpha value is -3.56. The summed E-state index contributed by atoms with van der Waals surface area (Å²) in [6.07, 6.45) is 1.40. The largest absolute Gasteiger partial charge is 0.497 e. The van der Waals surface area contributed by atoms with Gasteiger partial charge in [0.05, 0.1) is 19.9 Å². The number of hydrogen-bond acceptors (Lipinski definition) is 7. The highest BCUT2D eigenvalue weighted by molar-refractivity contribution is 7.87. The van der Waals surface area contributed by atoms with E-state index in [4.69, 9.17) is 25.3 Å². The summed E-state index contributed by atoms with van der Waals surface area (Å²) in [5.41, 5.74) is 3.32. The molecule has 3 aromatic rings. The fourth-order valence-electron chi connectivity index (χ4n) is 2.71. The zero-order valence-electron chi connectivity index (χ0n) is 17.8. The lowest BCUT2D eigenvalue weighted by Gasteiger charge is -2.12. The topological polar surface area (TPSA) is 103 Å². The van der Waals surface area contributed by atoms with Crippen LogP contribution < -0.4 is 19.1 Å². The van der Waals surface area contributed by atoms with Crippen LogP contribution in [0, 0.1) is 0 Å². The Labute approximate surface area is 196 Å². The summed E-state index contributed by atoms with van der Waals surface area (Å²) < 4.78 is 41.2. The lowest BCUT2D eigenvalue weighted by molar-refractivity contribution is 0.0955. The van der Waals surface area contributed by atoms with Gasteiger partial charge in [-0.2, -0.15) is 13.5 Å². The minimum Gasteiger partial charge on any atom is -0.497 e. The second-order valence-corrected chi connectivity index (χ2v) is 8.54. The zero-order chi connectivity index (χ0) is 23.8. The molecule has 0 spiro atoms. The molecule has 0 radical (unpaired) electrons. The van der Waals surface area contributed by atoms with E-state index in [0.717, 1.165) is 0 Å². The number of nitrogens with one attached hydrogen (secondary N) is 1. The number of benzene rings is 3. The first kappa shape index (κ1) is 24.1. The minimum atomic E-state index is -4.09. The third-order valence-electron chi connectivity index (χ3n) is 4.28. The lowest BCUT2D eigenvalue weighted by Crippen LogP contribution is -2.17. The molecule has 0 atom stereocenters. The molecule has 3 aromatic carbocycles. The van der Waals surface area contributed by atoms with E-state index in [0.29, 0.717) is 21.9 Å². The summed E-state index contributed by atoms with van der Waals surface area (Å²) in [5.74, 6) is 0.326. The van der Waals surface area contributed by atoms with Gasteiger partial charge in [-0.1, -0.05) is 17.7 Å².